The van der Waals surface area contributed by atoms with Crippen molar-refractivity contribution in [2.45, 2.75) is 5.16 Å². The fraction of sp³-hybridized carbons (Fsp3) is 0. The average molecular weight is 168 g/mol. The van der Waals surface area contributed by atoms with Crippen molar-refractivity contribution < 1.29 is 4.73 Å². The minimum atomic E-state index is 0.101. The Morgan fingerprint density at radius 3 is 3.27 bits per heavy atom. The zero-order valence-corrected chi connectivity index (χ0v) is 6.25. The van der Waals surface area contributed by atoms with Crippen molar-refractivity contribution in [1.29, 1.82) is 0 Å². The number of fused-ring (bicyclic) bond motifs is 1. The van der Waals surface area contributed by atoms with Gasteiger partial charge in [0.05, 0.1) is 6.33 Å². The molecule has 0 atom stereocenters. The van der Waals surface area contributed by atoms with Gasteiger partial charge in [0, 0.05) is 0 Å². The highest BCUT2D eigenvalue weighted by atomic mass is 32.1. The predicted octanol–water partition coefficient (Wildman–Crippen LogP) is -0.120. The molecule has 0 aliphatic heterocycles. The average Bonchev–Trinajstić information content (AvgIpc) is 2.36. The van der Waals surface area contributed by atoms with Gasteiger partial charge in [-0.3, -0.25) is 0 Å². The maximum Gasteiger partial charge on any atom is 0.361 e. The van der Waals surface area contributed by atoms with Crippen molar-refractivity contribution in [2.75, 3.05) is 0 Å². The van der Waals surface area contributed by atoms with E-state index in [0.29, 0.717) is 15.9 Å². The Bertz CT molecular complexity index is 362. The molecular formula is C5H4N4OS. The second-order valence-electron chi connectivity index (χ2n) is 2.01. The van der Waals surface area contributed by atoms with Crippen LogP contribution in [-0.2, 0) is 0 Å². The number of thiol groups is 1. The summed E-state index contributed by atoms with van der Waals surface area (Å²) in [6.45, 7) is 0. The molecule has 2 aromatic heterocycles. The number of nitrogens with one attached hydrogen (secondary N) is 1. The SMILES string of the molecule is [O-][n+]1cc2[nH]cnc2nc1S. The van der Waals surface area contributed by atoms with E-state index >= 15 is 0 Å². The molecule has 0 radical (unpaired) electrons. The van der Waals surface area contributed by atoms with Crippen LogP contribution in [0.15, 0.2) is 17.7 Å². The van der Waals surface area contributed by atoms with Gasteiger partial charge >= 0.3 is 5.16 Å². The van der Waals surface area contributed by atoms with Gasteiger partial charge in [0.1, 0.15) is 6.20 Å². The van der Waals surface area contributed by atoms with Crippen LogP contribution in [0.3, 0.4) is 0 Å². The third-order valence-electron chi connectivity index (χ3n) is 1.30. The van der Waals surface area contributed by atoms with E-state index in [1.165, 1.54) is 12.5 Å². The minimum absolute atomic E-state index is 0.101. The summed E-state index contributed by atoms with van der Waals surface area (Å²) in [6, 6.07) is 0. The highest BCUT2D eigenvalue weighted by Gasteiger charge is 2.07. The van der Waals surface area contributed by atoms with Gasteiger partial charge in [0.2, 0.25) is 0 Å². The number of aromatic nitrogens is 4. The molecule has 0 aliphatic rings. The van der Waals surface area contributed by atoms with E-state index in [0.717, 1.165) is 0 Å². The fourth-order valence-electron chi connectivity index (χ4n) is 0.800. The van der Waals surface area contributed by atoms with Crippen LogP contribution in [0.1, 0.15) is 0 Å². The van der Waals surface area contributed by atoms with Crippen LogP contribution in [0.25, 0.3) is 11.2 Å². The Hall–Kier alpha value is -1.30. The molecule has 0 spiro atoms. The van der Waals surface area contributed by atoms with E-state index in [9.17, 15) is 5.21 Å². The molecular weight excluding hydrogens is 164 g/mol. The lowest BCUT2D eigenvalue weighted by Crippen LogP contribution is -2.28. The molecule has 1 N–H and O–H groups in total. The van der Waals surface area contributed by atoms with Crippen LogP contribution in [-0.4, -0.2) is 15.0 Å². The lowest BCUT2D eigenvalue weighted by Gasteiger charge is -1.98. The van der Waals surface area contributed by atoms with E-state index in [-0.39, 0.29) is 5.16 Å². The monoisotopic (exact) mass is 168 g/mol. The molecule has 56 valence electrons. The van der Waals surface area contributed by atoms with Crippen LogP contribution in [0.5, 0.6) is 0 Å². The smallest absolute Gasteiger partial charge is 0.361 e. The van der Waals surface area contributed by atoms with Crippen molar-refractivity contribution in [3.05, 3.63) is 17.7 Å². The standard InChI is InChI=1S/C5H4N4OS/c10-9-1-3-4(7-2-6-3)8-5(9)11/h1-2H,(H2,6,7,8,11). The zero-order valence-electron chi connectivity index (χ0n) is 5.35. The van der Waals surface area contributed by atoms with Crippen molar-refractivity contribution >= 4 is 23.8 Å². The summed E-state index contributed by atoms with van der Waals surface area (Å²) in [6.07, 6.45) is 2.82. The minimum Gasteiger partial charge on any atom is -0.710 e. The van der Waals surface area contributed by atoms with Gasteiger partial charge in [-0.1, -0.05) is 12.6 Å². The molecule has 2 aromatic rings. The van der Waals surface area contributed by atoms with E-state index in [4.69, 9.17) is 0 Å². The summed E-state index contributed by atoms with van der Waals surface area (Å²) in [4.78, 5) is 10.4. The summed E-state index contributed by atoms with van der Waals surface area (Å²) >= 11 is 3.83. The summed E-state index contributed by atoms with van der Waals surface area (Å²) < 4.78 is 0.573. The molecule has 0 unspecified atom stereocenters. The van der Waals surface area contributed by atoms with Gasteiger partial charge in [0.15, 0.2) is 5.52 Å². The Morgan fingerprint density at radius 1 is 1.64 bits per heavy atom. The van der Waals surface area contributed by atoms with Gasteiger partial charge in [-0.2, -0.15) is 4.98 Å². The Kier molecular flexibility index (Phi) is 1.22. The van der Waals surface area contributed by atoms with Crippen LogP contribution >= 0.6 is 12.6 Å². The molecule has 2 heterocycles. The molecule has 0 aliphatic carbocycles. The Labute approximate surface area is 67.1 Å². The number of H-pyrrole nitrogens is 1. The van der Waals surface area contributed by atoms with E-state index in [1.807, 2.05) is 0 Å². The highest BCUT2D eigenvalue weighted by Crippen LogP contribution is 2.03. The zero-order chi connectivity index (χ0) is 7.84. The van der Waals surface area contributed by atoms with E-state index in [1.54, 1.807) is 0 Å². The second-order valence-corrected chi connectivity index (χ2v) is 2.41. The number of hydrogen-bond donors (Lipinski definition) is 2. The first kappa shape index (κ1) is 6.41. The van der Waals surface area contributed by atoms with Crippen molar-refractivity contribution in [2.24, 2.45) is 0 Å². The molecule has 0 bridgehead atoms. The topological polar surface area (TPSA) is 68.5 Å². The molecule has 5 nitrogen and oxygen atoms in total. The molecule has 6 heteroatoms. The number of rotatable bonds is 0. The molecule has 0 saturated heterocycles. The number of hydrogen-bond acceptors (Lipinski definition) is 4. The lowest BCUT2D eigenvalue weighted by molar-refractivity contribution is -0.648. The summed E-state index contributed by atoms with van der Waals surface area (Å²) in [5.74, 6) is 0. The summed E-state index contributed by atoms with van der Waals surface area (Å²) in [7, 11) is 0. The van der Waals surface area contributed by atoms with Gasteiger partial charge in [-0.05, 0) is 4.98 Å². The van der Waals surface area contributed by atoms with Crippen LogP contribution < -0.4 is 4.73 Å². The molecule has 2 rings (SSSR count). The predicted molar refractivity (Wildman–Crippen MR) is 40.1 cm³/mol. The maximum atomic E-state index is 10.9. The Balaban J connectivity index is 2.86. The third-order valence-corrected chi connectivity index (χ3v) is 1.59. The summed E-state index contributed by atoms with van der Waals surface area (Å²) in [5, 5.41) is 11.0. The van der Waals surface area contributed by atoms with Gasteiger partial charge in [-0.15, -0.1) is 0 Å². The first-order valence-electron chi connectivity index (χ1n) is 2.89. The number of aromatic amines is 1. The van der Waals surface area contributed by atoms with Gasteiger partial charge in [0.25, 0.3) is 5.65 Å². The summed E-state index contributed by atoms with van der Waals surface area (Å²) in [5.41, 5.74) is 1.11. The largest absolute Gasteiger partial charge is 0.710 e. The second kappa shape index (κ2) is 2.09. The molecule has 0 fully saturated rings. The van der Waals surface area contributed by atoms with E-state index < -0.39 is 0 Å². The van der Waals surface area contributed by atoms with Crippen molar-refractivity contribution in [3.8, 4) is 0 Å². The van der Waals surface area contributed by atoms with E-state index in [2.05, 4.69) is 27.6 Å². The quantitative estimate of drug-likeness (QED) is 0.249. The number of nitrogens with zero attached hydrogens (tertiary/aromatic N) is 3. The first-order valence-corrected chi connectivity index (χ1v) is 3.34. The maximum absolute atomic E-state index is 10.9. The first-order chi connectivity index (χ1) is 5.27. The normalized spacial score (nSPS) is 10.6. The molecule has 0 amide bonds. The molecule has 0 saturated carbocycles. The Morgan fingerprint density at radius 2 is 2.45 bits per heavy atom. The highest BCUT2D eigenvalue weighted by molar-refractivity contribution is 7.79. The van der Waals surface area contributed by atoms with Crippen LogP contribution in [0.2, 0.25) is 0 Å². The van der Waals surface area contributed by atoms with Gasteiger partial charge < -0.3 is 10.2 Å². The van der Waals surface area contributed by atoms with Crippen LogP contribution in [0.4, 0.5) is 0 Å². The van der Waals surface area contributed by atoms with Gasteiger partial charge in [-0.25, -0.2) is 4.73 Å². The molecule has 0 aromatic carbocycles. The fourth-order valence-corrected chi connectivity index (χ4v) is 0.953. The molecule has 11 heavy (non-hydrogen) atoms. The van der Waals surface area contributed by atoms with Crippen molar-refractivity contribution in [1.82, 2.24) is 15.0 Å². The third kappa shape index (κ3) is 0.911. The van der Waals surface area contributed by atoms with Crippen molar-refractivity contribution in [3.63, 3.8) is 0 Å². The lowest BCUT2D eigenvalue weighted by atomic mass is 10.6. The van der Waals surface area contributed by atoms with Crippen LogP contribution in [0, 0.1) is 5.21 Å². The number of imidazole rings is 1.